The number of aromatic nitrogens is 1. The molecule has 0 N–H and O–H groups in total. The number of benzene rings is 1. The van der Waals surface area contributed by atoms with Gasteiger partial charge in [-0.25, -0.2) is 4.99 Å². The predicted octanol–water partition coefficient (Wildman–Crippen LogP) is 4.42. The van der Waals surface area contributed by atoms with Crippen LogP contribution in [0.15, 0.2) is 68.8 Å². The molecule has 3 aliphatic carbocycles. The van der Waals surface area contributed by atoms with Gasteiger partial charge < -0.3 is 4.42 Å². The van der Waals surface area contributed by atoms with E-state index >= 15 is 0 Å². The molecule has 0 spiro atoms. The number of furan rings is 1. The first-order valence-electron chi connectivity index (χ1n) is 7.92. The van der Waals surface area contributed by atoms with Crippen molar-refractivity contribution < 1.29 is 4.42 Å². The van der Waals surface area contributed by atoms with Crippen LogP contribution in [0.25, 0.3) is 10.8 Å². The molecule has 0 radical (unpaired) electrons. The molecule has 3 aliphatic rings. The summed E-state index contributed by atoms with van der Waals surface area (Å²) in [5, 5.41) is 2.26. The molecule has 0 saturated heterocycles. The van der Waals surface area contributed by atoms with Gasteiger partial charge in [0.2, 0.25) is 0 Å². The third-order valence-corrected chi connectivity index (χ3v) is 5.20. The second-order valence-corrected chi connectivity index (χ2v) is 6.35. The third kappa shape index (κ3) is 1.60. The van der Waals surface area contributed by atoms with Gasteiger partial charge in [-0.05, 0) is 59.7 Å². The van der Waals surface area contributed by atoms with Gasteiger partial charge in [-0.2, -0.15) is 0 Å². The molecule has 2 atom stereocenters. The molecule has 1 aromatic carbocycles. The van der Waals surface area contributed by atoms with Gasteiger partial charge in [0.05, 0.1) is 24.1 Å². The average Bonchev–Trinajstić information content (AvgIpc) is 3.06. The first-order valence-corrected chi connectivity index (χ1v) is 7.92. The van der Waals surface area contributed by atoms with Crippen molar-refractivity contribution in [1.29, 1.82) is 0 Å². The predicted molar refractivity (Wildman–Crippen MR) is 94.9 cm³/mol. The van der Waals surface area contributed by atoms with Crippen molar-refractivity contribution >= 4 is 23.8 Å². The van der Waals surface area contributed by atoms with E-state index < -0.39 is 0 Å². The monoisotopic (exact) mass is 313 g/mol. The molecule has 4 nitrogen and oxygen atoms in total. The summed E-state index contributed by atoms with van der Waals surface area (Å²) in [6, 6.07) is 6.61. The molecule has 0 fully saturated rings. The Bertz CT molecular complexity index is 1060. The minimum Gasteiger partial charge on any atom is -0.471 e. The molecule has 6 rings (SSSR count). The largest absolute Gasteiger partial charge is 0.471 e. The smallest absolute Gasteiger partial charge is 0.114 e. The Morgan fingerprint density at radius 3 is 2.58 bits per heavy atom. The highest BCUT2D eigenvalue weighted by Crippen LogP contribution is 2.56. The second-order valence-electron chi connectivity index (χ2n) is 6.35. The van der Waals surface area contributed by atoms with Gasteiger partial charge in [-0.3, -0.25) is 9.98 Å². The van der Waals surface area contributed by atoms with Crippen molar-refractivity contribution in [1.82, 2.24) is 4.98 Å². The highest BCUT2D eigenvalue weighted by molar-refractivity contribution is 5.85. The molecule has 2 unspecified atom stereocenters. The van der Waals surface area contributed by atoms with Gasteiger partial charge >= 0.3 is 0 Å². The Morgan fingerprint density at radius 2 is 1.83 bits per heavy atom. The molecule has 2 bridgehead atoms. The number of pyridine rings is 1. The van der Waals surface area contributed by atoms with Crippen LogP contribution in [0.2, 0.25) is 0 Å². The van der Waals surface area contributed by atoms with Crippen molar-refractivity contribution in [2.45, 2.75) is 18.8 Å². The maximum atomic E-state index is 5.39. The Morgan fingerprint density at radius 1 is 1.08 bits per heavy atom. The van der Waals surface area contributed by atoms with Gasteiger partial charge in [-0.15, -0.1) is 0 Å². The van der Waals surface area contributed by atoms with Crippen LogP contribution in [0.5, 0.6) is 0 Å². The summed E-state index contributed by atoms with van der Waals surface area (Å²) in [6.45, 7) is 5.67. The zero-order chi connectivity index (χ0) is 16.3. The number of hydrogen-bond acceptors (Lipinski definition) is 3. The van der Waals surface area contributed by atoms with Crippen molar-refractivity contribution in [2.24, 2.45) is 9.98 Å². The molecule has 2 heterocycles. The third-order valence-electron chi connectivity index (χ3n) is 5.20. The summed E-state index contributed by atoms with van der Waals surface area (Å²) >= 11 is 0. The summed E-state index contributed by atoms with van der Waals surface area (Å²) in [6.07, 6.45) is 8.99. The fourth-order valence-electron chi connectivity index (χ4n) is 4.23. The molecule has 0 amide bonds. The fourth-order valence-corrected chi connectivity index (χ4v) is 4.23. The van der Waals surface area contributed by atoms with Crippen molar-refractivity contribution in [3.63, 3.8) is 0 Å². The summed E-state index contributed by atoms with van der Waals surface area (Å²) in [4.78, 5) is 12.8. The fraction of sp³-hybridized carbons (Fsp3) is 0.150. The van der Waals surface area contributed by atoms with Gasteiger partial charge in [0, 0.05) is 29.1 Å². The minimum atomic E-state index is 0.0889. The van der Waals surface area contributed by atoms with E-state index in [9.17, 15) is 0 Å². The van der Waals surface area contributed by atoms with Crippen LogP contribution in [-0.4, -0.2) is 18.0 Å². The number of nitrogens with zero attached hydrogens (tertiary/aromatic N) is 3. The Hall–Kier alpha value is -3.01. The lowest BCUT2D eigenvalue weighted by Gasteiger charge is -2.41. The SMILES string of the molecule is C=N/C=N\C1=C(C)C2c3ccncc3C1c1cc3cocc3cc12. The van der Waals surface area contributed by atoms with Crippen LogP contribution >= 0.6 is 0 Å². The number of hydrogen-bond donors (Lipinski definition) is 0. The zero-order valence-electron chi connectivity index (χ0n) is 13.2. The molecular weight excluding hydrogens is 298 g/mol. The Kier molecular flexibility index (Phi) is 2.65. The normalized spacial score (nSPS) is 21.4. The number of aliphatic imine (C=N–C) groups is 2. The van der Waals surface area contributed by atoms with E-state index in [4.69, 9.17) is 4.42 Å². The van der Waals surface area contributed by atoms with Gasteiger partial charge in [-0.1, -0.05) is 0 Å². The Balaban J connectivity index is 1.85. The van der Waals surface area contributed by atoms with E-state index in [1.165, 1.54) is 34.2 Å². The highest BCUT2D eigenvalue weighted by atomic mass is 16.3. The van der Waals surface area contributed by atoms with Crippen molar-refractivity contribution in [2.75, 3.05) is 0 Å². The van der Waals surface area contributed by atoms with Crippen molar-refractivity contribution in [3.8, 4) is 0 Å². The molecule has 0 saturated carbocycles. The summed E-state index contributed by atoms with van der Waals surface area (Å²) in [7, 11) is 0. The van der Waals surface area contributed by atoms with Gasteiger partial charge in [0.25, 0.3) is 0 Å². The van der Waals surface area contributed by atoms with E-state index in [1.54, 1.807) is 6.26 Å². The number of fused-ring (bicyclic) bond motifs is 1. The van der Waals surface area contributed by atoms with Crippen LogP contribution in [0.1, 0.15) is 41.0 Å². The van der Waals surface area contributed by atoms with Crippen LogP contribution in [0, 0.1) is 0 Å². The lowest BCUT2D eigenvalue weighted by molar-refractivity contribution is 0.572. The van der Waals surface area contributed by atoms with E-state index in [-0.39, 0.29) is 11.8 Å². The molecule has 3 aromatic rings. The highest BCUT2D eigenvalue weighted by Gasteiger charge is 2.41. The molecule has 116 valence electrons. The summed E-state index contributed by atoms with van der Waals surface area (Å²) < 4.78 is 5.39. The van der Waals surface area contributed by atoms with Crippen LogP contribution in [0.4, 0.5) is 0 Å². The Labute approximate surface area is 139 Å². The summed E-state index contributed by atoms with van der Waals surface area (Å²) in [5.74, 6) is 0.297. The lowest BCUT2D eigenvalue weighted by atomic mass is 9.63. The first-order chi connectivity index (χ1) is 11.8. The number of allylic oxidation sites excluding steroid dienone is 2. The van der Waals surface area contributed by atoms with Gasteiger partial charge in [0.15, 0.2) is 0 Å². The van der Waals surface area contributed by atoms with Crippen molar-refractivity contribution in [3.05, 3.63) is 76.6 Å². The van der Waals surface area contributed by atoms with Crippen LogP contribution in [0.3, 0.4) is 0 Å². The van der Waals surface area contributed by atoms with E-state index in [2.05, 4.69) is 46.8 Å². The molecule has 0 aliphatic heterocycles. The maximum Gasteiger partial charge on any atom is 0.114 e. The van der Waals surface area contributed by atoms with Gasteiger partial charge in [0.1, 0.15) is 6.34 Å². The van der Waals surface area contributed by atoms with Crippen LogP contribution in [-0.2, 0) is 0 Å². The average molecular weight is 313 g/mol. The standard InChI is InChI=1S/C20H15N3O/c1-11-18-14-3-4-22-7-17(14)19(20(11)23-10-21-2)16-6-13-9-24-8-12(13)5-15(16)18/h3-10,18-19H,2H2,1H3/b23-10-. The second kappa shape index (κ2) is 4.74. The topological polar surface area (TPSA) is 50.8 Å². The molecule has 4 heteroatoms. The minimum absolute atomic E-state index is 0.0889. The van der Waals surface area contributed by atoms with E-state index in [1.807, 2.05) is 18.7 Å². The van der Waals surface area contributed by atoms with E-state index in [0.29, 0.717) is 0 Å². The molecule has 2 aromatic heterocycles. The zero-order valence-corrected chi connectivity index (χ0v) is 13.2. The number of rotatable bonds is 2. The van der Waals surface area contributed by atoms with Crippen LogP contribution < -0.4 is 0 Å². The molecular formula is C20H15N3O. The van der Waals surface area contributed by atoms with E-state index in [0.717, 1.165) is 16.5 Å². The summed E-state index contributed by atoms with van der Waals surface area (Å²) in [5.41, 5.74) is 7.53. The lowest BCUT2D eigenvalue weighted by Crippen LogP contribution is -2.27. The quantitative estimate of drug-likeness (QED) is 0.519. The maximum absolute atomic E-state index is 5.39. The molecule has 24 heavy (non-hydrogen) atoms. The first kappa shape index (κ1) is 13.4.